The maximum atomic E-state index is 14.7. The van der Waals surface area contributed by atoms with Crippen molar-refractivity contribution in [3.63, 3.8) is 0 Å². The minimum absolute atomic E-state index is 0.433. The van der Waals surface area contributed by atoms with Gasteiger partial charge in [0.25, 0.3) is 0 Å². The second-order valence-electron chi connectivity index (χ2n) is 4.53. The average Bonchev–Trinajstić information content (AvgIpc) is 2.77. The number of aromatic nitrogens is 1. The van der Waals surface area contributed by atoms with Gasteiger partial charge in [0.15, 0.2) is 0 Å². The summed E-state index contributed by atoms with van der Waals surface area (Å²) in [5, 5.41) is 4.22. The Morgan fingerprint density at radius 1 is 1.25 bits per heavy atom. The van der Waals surface area contributed by atoms with Crippen LogP contribution in [-0.4, -0.2) is 18.1 Å². The first-order chi connectivity index (χ1) is 7.78. The summed E-state index contributed by atoms with van der Waals surface area (Å²) >= 11 is 0. The Kier molecular flexibility index (Phi) is 2.21. The smallest absolute Gasteiger partial charge is 0.148 e. The molecule has 3 rings (SSSR count). The summed E-state index contributed by atoms with van der Waals surface area (Å²) in [6.45, 7) is 1.36. The second kappa shape index (κ2) is 3.59. The van der Waals surface area contributed by atoms with Crippen molar-refractivity contribution >= 4 is 10.9 Å². The molecule has 0 radical (unpaired) electrons. The molecule has 2 N–H and O–H groups in total. The van der Waals surface area contributed by atoms with Crippen LogP contribution in [0.1, 0.15) is 18.4 Å². The molecule has 1 atom stereocenters. The zero-order chi connectivity index (χ0) is 11.0. The number of alkyl halides is 1. The average molecular weight is 218 g/mol. The highest BCUT2D eigenvalue weighted by Crippen LogP contribution is 2.34. The number of aromatic amines is 1. The van der Waals surface area contributed by atoms with E-state index in [4.69, 9.17) is 0 Å². The van der Waals surface area contributed by atoms with Gasteiger partial charge in [-0.3, -0.25) is 0 Å². The zero-order valence-electron chi connectivity index (χ0n) is 9.09. The van der Waals surface area contributed by atoms with E-state index in [0.717, 1.165) is 29.4 Å². The highest BCUT2D eigenvalue weighted by molar-refractivity contribution is 5.80. The summed E-state index contributed by atoms with van der Waals surface area (Å²) < 4.78 is 14.7. The maximum absolute atomic E-state index is 14.7. The van der Waals surface area contributed by atoms with Crippen LogP contribution in [0, 0.1) is 0 Å². The maximum Gasteiger partial charge on any atom is 0.148 e. The molecular weight excluding hydrogens is 203 g/mol. The van der Waals surface area contributed by atoms with Crippen molar-refractivity contribution in [3.8, 4) is 0 Å². The topological polar surface area (TPSA) is 27.8 Å². The summed E-state index contributed by atoms with van der Waals surface area (Å²) in [5.41, 5.74) is 0.673. The highest BCUT2D eigenvalue weighted by atomic mass is 19.1. The van der Waals surface area contributed by atoms with Crippen LogP contribution in [0.5, 0.6) is 0 Å². The highest BCUT2D eigenvalue weighted by Gasteiger charge is 2.33. The minimum atomic E-state index is -1.19. The lowest BCUT2D eigenvalue weighted by atomic mass is 9.88. The number of H-pyrrole nitrogens is 1. The van der Waals surface area contributed by atoms with Crippen LogP contribution in [0.4, 0.5) is 4.39 Å². The molecule has 1 aliphatic rings. The van der Waals surface area contributed by atoms with E-state index in [0.29, 0.717) is 13.0 Å². The fourth-order valence-electron chi connectivity index (χ4n) is 2.45. The van der Waals surface area contributed by atoms with Crippen LogP contribution >= 0.6 is 0 Å². The van der Waals surface area contributed by atoms with Crippen molar-refractivity contribution in [2.45, 2.75) is 18.5 Å². The van der Waals surface area contributed by atoms with Gasteiger partial charge in [-0.2, -0.15) is 0 Å². The summed E-state index contributed by atoms with van der Waals surface area (Å²) in [4.78, 5) is 3.12. The Bertz CT molecular complexity index is 497. The lowest BCUT2D eigenvalue weighted by molar-refractivity contribution is 0.122. The number of piperidine rings is 1. The van der Waals surface area contributed by atoms with E-state index in [1.165, 1.54) is 0 Å². The van der Waals surface area contributed by atoms with Crippen LogP contribution in [0.2, 0.25) is 0 Å². The number of fused-ring (bicyclic) bond motifs is 1. The molecule has 16 heavy (non-hydrogen) atoms. The number of hydrogen-bond acceptors (Lipinski definition) is 1. The first-order valence-electron chi connectivity index (χ1n) is 5.75. The Morgan fingerprint density at radius 2 is 2.19 bits per heavy atom. The van der Waals surface area contributed by atoms with Gasteiger partial charge in [-0.1, -0.05) is 6.07 Å². The van der Waals surface area contributed by atoms with E-state index in [1.807, 2.05) is 30.5 Å². The van der Waals surface area contributed by atoms with Crippen molar-refractivity contribution < 1.29 is 4.39 Å². The molecule has 84 valence electrons. The lowest BCUT2D eigenvalue weighted by Gasteiger charge is -2.30. The minimum Gasteiger partial charge on any atom is -0.361 e. The van der Waals surface area contributed by atoms with Crippen molar-refractivity contribution in [2.24, 2.45) is 0 Å². The van der Waals surface area contributed by atoms with E-state index in [1.54, 1.807) is 0 Å². The molecule has 0 aliphatic carbocycles. The molecule has 3 heteroatoms. The molecule has 1 saturated heterocycles. The quantitative estimate of drug-likeness (QED) is 0.756. The van der Waals surface area contributed by atoms with Gasteiger partial charge in [-0.05, 0) is 48.5 Å². The first kappa shape index (κ1) is 9.85. The molecule has 2 aromatic rings. The van der Waals surface area contributed by atoms with E-state index < -0.39 is 5.67 Å². The molecule has 1 aromatic carbocycles. The van der Waals surface area contributed by atoms with Gasteiger partial charge in [0, 0.05) is 18.3 Å². The summed E-state index contributed by atoms with van der Waals surface area (Å²) in [6, 6.07) is 7.80. The van der Waals surface area contributed by atoms with E-state index >= 15 is 0 Å². The predicted octanol–water partition coefficient (Wildman–Crippen LogP) is 2.72. The SMILES string of the molecule is FC1(c2ccc3[nH]ccc3c2)CCCNC1. The third-order valence-electron chi connectivity index (χ3n) is 3.40. The second-order valence-corrected chi connectivity index (χ2v) is 4.53. The van der Waals surface area contributed by atoms with Crippen LogP contribution in [-0.2, 0) is 5.67 Å². The third-order valence-corrected chi connectivity index (χ3v) is 3.40. The molecule has 1 aromatic heterocycles. The molecule has 1 fully saturated rings. The fraction of sp³-hybridized carbons (Fsp3) is 0.385. The van der Waals surface area contributed by atoms with Crippen LogP contribution < -0.4 is 5.32 Å². The zero-order valence-corrected chi connectivity index (χ0v) is 9.09. The fourth-order valence-corrected chi connectivity index (χ4v) is 2.45. The van der Waals surface area contributed by atoms with Gasteiger partial charge in [0.2, 0.25) is 0 Å². The number of halogens is 1. The van der Waals surface area contributed by atoms with Gasteiger partial charge >= 0.3 is 0 Å². The molecule has 1 aliphatic heterocycles. The molecule has 1 unspecified atom stereocenters. The molecule has 0 amide bonds. The Balaban J connectivity index is 2.03. The van der Waals surface area contributed by atoms with Crippen LogP contribution in [0.15, 0.2) is 30.5 Å². The van der Waals surface area contributed by atoms with E-state index in [9.17, 15) is 4.39 Å². The summed E-state index contributed by atoms with van der Waals surface area (Å²) in [7, 11) is 0. The molecule has 2 nitrogen and oxygen atoms in total. The Labute approximate surface area is 93.9 Å². The van der Waals surface area contributed by atoms with Crippen molar-refractivity contribution in [1.29, 1.82) is 0 Å². The van der Waals surface area contributed by atoms with Crippen LogP contribution in [0.25, 0.3) is 10.9 Å². The molecular formula is C13H15FN2. The van der Waals surface area contributed by atoms with Gasteiger partial charge in [0.1, 0.15) is 5.67 Å². The number of hydrogen-bond donors (Lipinski definition) is 2. The normalized spacial score (nSPS) is 26.1. The summed E-state index contributed by atoms with van der Waals surface area (Å²) in [5.74, 6) is 0. The lowest BCUT2D eigenvalue weighted by Crippen LogP contribution is -2.40. The van der Waals surface area contributed by atoms with Crippen molar-refractivity contribution in [1.82, 2.24) is 10.3 Å². The molecule has 2 heterocycles. The molecule has 0 spiro atoms. The van der Waals surface area contributed by atoms with Crippen molar-refractivity contribution in [2.75, 3.05) is 13.1 Å². The summed E-state index contributed by atoms with van der Waals surface area (Å²) in [6.07, 6.45) is 3.41. The standard InChI is InChI=1S/C13H15FN2/c14-13(5-1-6-15-9-13)11-2-3-12-10(8-11)4-7-16-12/h2-4,7-8,15-16H,1,5-6,9H2. The van der Waals surface area contributed by atoms with Gasteiger partial charge in [0.05, 0.1) is 0 Å². The van der Waals surface area contributed by atoms with Gasteiger partial charge in [-0.15, -0.1) is 0 Å². The number of nitrogens with one attached hydrogen (secondary N) is 2. The number of rotatable bonds is 1. The van der Waals surface area contributed by atoms with E-state index in [2.05, 4.69) is 10.3 Å². The van der Waals surface area contributed by atoms with Crippen LogP contribution in [0.3, 0.4) is 0 Å². The monoisotopic (exact) mass is 218 g/mol. The van der Waals surface area contributed by atoms with Gasteiger partial charge in [-0.25, -0.2) is 4.39 Å². The third kappa shape index (κ3) is 1.52. The van der Waals surface area contributed by atoms with E-state index in [-0.39, 0.29) is 0 Å². The van der Waals surface area contributed by atoms with Crippen molar-refractivity contribution in [3.05, 3.63) is 36.0 Å². The molecule has 0 saturated carbocycles. The Morgan fingerprint density at radius 3 is 3.00 bits per heavy atom. The molecule has 0 bridgehead atoms. The number of benzene rings is 1. The Hall–Kier alpha value is -1.35. The van der Waals surface area contributed by atoms with Gasteiger partial charge < -0.3 is 10.3 Å². The predicted molar refractivity (Wildman–Crippen MR) is 63.2 cm³/mol. The first-order valence-corrected chi connectivity index (χ1v) is 5.75. The largest absolute Gasteiger partial charge is 0.361 e.